The fraction of sp³-hybridized carbons (Fsp3) is 0.267. The van der Waals surface area contributed by atoms with Gasteiger partial charge in [-0.15, -0.1) is 11.3 Å². The molecule has 0 saturated carbocycles. The minimum Gasteiger partial charge on any atom is -0.362 e. The van der Waals surface area contributed by atoms with Crippen LogP contribution in [0.3, 0.4) is 0 Å². The molecule has 1 aliphatic rings. The molecule has 0 bridgehead atoms. The minimum absolute atomic E-state index is 0.0201. The number of carbonyl (C=O) groups is 1. The van der Waals surface area contributed by atoms with Gasteiger partial charge in [-0.25, -0.2) is 4.39 Å². The van der Waals surface area contributed by atoms with Crippen LogP contribution in [-0.2, 0) is 0 Å². The fourth-order valence-corrected chi connectivity index (χ4v) is 3.31. The summed E-state index contributed by atoms with van der Waals surface area (Å²) in [5.74, 6) is -0.653. The second-order valence-electron chi connectivity index (χ2n) is 5.15. The number of anilines is 1. The second-order valence-corrected chi connectivity index (χ2v) is 6.09. The maximum absolute atomic E-state index is 13.2. The molecule has 23 heavy (non-hydrogen) atoms. The number of hydrogen-bond donors (Lipinski definition) is 0. The van der Waals surface area contributed by atoms with E-state index in [1.54, 1.807) is 11.0 Å². The normalized spacial score (nSPS) is 14.8. The first kappa shape index (κ1) is 15.4. The predicted octanol–water partition coefficient (Wildman–Crippen LogP) is 2.76. The number of carbonyl (C=O) groups excluding carboxylic acids is 1. The second kappa shape index (κ2) is 6.33. The zero-order valence-corrected chi connectivity index (χ0v) is 13.0. The first-order valence-electron chi connectivity index (χ1n) is 7.08. The summed E-state index contributed by atoms with van der Waals surface area (Å²) in [5.41, 5.74) is 0.141. The van der Waals surface area contributed by atoms with E-state index in [2.05, 4.69) is 0 Å². The van der Waals surface area contributed by atoms with Gasteiger partial charge in [0.15, 0.2) is 0 Å². The van der Waals surface area contributed by atoms with Gasteiger partial charge in [0, 0.05) is 26.2 Å². The third kappa shape index (κ3) is 3.16. The van der Waals surface area contributed by atoms with Crippen LogP contribution in [0.1, 0.15) is 9.67 Å². The summed E-state index contributed by atoms with van der Waals surface area (Å²) in [4.78, 5) is 27.0. The number of nitrogens with zero attached hydrogens (tertiary/aromatic N) is 3. The van der Waals surface area contributed by atoms with Crippen molar-refractivity contribution < 1.29 is 14.1 Å². The van der Waals surface area contributed by atoms with Gasteiger partial charge in [-0.1, -0.05) is 6.07 Å². The molecular formula is C15H14FN3O3S. The Kier molecular flexibility index (Phi) is 4.24. The van der Waals surface area contributed by atoms with E-state index in [9.17, 15) is 19.3 Å². The van der Waals surface area contributed by atoms with Crippen molar-refractivity contribution in [2.75, 3.05) is 31.1 Å². The van der Waals surface area contributed by atoms with Gasteiger partial charge in [0.2, 0.25) is 0 Å². The summed E-state index contributed by atoms with van der Waals surface area (Å²) < 4.78 is 13.2. The van der Waals surface area contributed by atoms with Crippen molar-refractivity contribution >= 4 is 28.6 Å². The van der Waals surface area contributed by atoms with Crippen LogP contribution in [0, 0.1) is 15.9 Å². The summed E-state index contributed by atoms with van der Waals surface area (Å²) in [6, 6.07) is 7.18. The Balaban J connectivity index is 1.72. The molecule has 8 heteroatoms. The quantitative estimate of drug-likeness (QED) is 0.639. The Bertz CT molecular complexity index is 728. The number of rotatable bonds is 3. The predicted molar refractivity (Wildman–Crippen MR) is 85.5 cm³/mol. The van der Waals surface area contributed by atoms with Crippen molar-refractivity contribution in [3.63, 3.8) is 0 Å². The third-order valence-corrected chi connectivity index (χ3v) is 4.63. The highest BCUT2D eigenvalue weighted by Gasteiger charge is 2.26. The lowest BCUT2D eigenvalue weighted by atomic mass is 10.2. The highest BCUT2D eigenvalue weighted by atomic mass is 32.1. The van der Waals surface area contributed by atoms with Gasteiger partial charge in [-0.3, -0.25) is 14.9 Å². The van der Waals surface area contributed by atoms with Crippen LogP contribution in [0.4, 0.5) is 15.8 Å². The topological polar surface area (TPSA) is 66.7 Å². The molecule has 0 spiro atoms. The Morgan fingerprint density at radius 2 is 1.96 bits per heavy atom. The molecule has 2 aromatic rings. The van der Waals surface area contributed by atoms with Gasteiger partial charge in [-0.2, -0.15) is 0 Å². The number of halogens is 1. The molecule has 0 atom stereocenters. The van der Waals surface area contributed by atoms with E-state index in [0.717, 1.165) is 6.07 Å². The van der Waals surface area contributed by atoms with Gasteiger partial charge in [0.1, 0.15) is 11.5 Å². The highest BCUT2D eigenvalue weighted by Crippen LogP contribution is 2.29. The van der Waals surface area contributed by atoms with E-state index < -0.39 is 10.7 Å². The van der Waals surface area contributed by atoms with Crippen molar-refractivity contribution in [2.45, 2.75) is 0 Å². The van der Waals surface area contributed by atoms with E-state index >= 15 is 0 Å². The Labute approximate surface area is 135 Å². The minimum atomic E-state index is -0.632. The van der Waals surface area contributed by atoms with Crippen LogP contribution >= 0.6 is 11.3 Å². The molecule has 1 amide bonds. The van der Waals surface area contributed by atoms with E-state index in [4.69, 9.17) is 0 Å². The van der Waals surface area contributed by atoms with Crippen LogP contribution < -0.4 is 4.90 Å². The van der Waals surface area contributed by atoms with Crippen LogP contribution in [-0.4, -0.2) is 41.9 Å². The van der Waals surface area contributed by atoms with Crippen LogP contribution in [0.25, 0.3) is 0 Å². The van der Waals surface area contributed by atoms with E-state index in [0.29, 0.717) is 36.7 Å². The van der Waals surface area contributed by atoms with Gasteiger partial charge in [0.05, 0.1) is 15.9 Å². The molecule has 1 aromatic carbocycles. The van der Waals surface area contributed by atoms with Gasteiger partial charge < -0.3 is 9.80 Å². The highest BCUT2D eigenvalue weighted by molar-refractivity contribution is 7.12. The third-order valence-electron chi connectivity index (χ3n) is 3.77. The number of nitro groups is 1. The molecule has 120 valence electrons. The number of amides is 1. The fourth-order valence-electron chi connectivity index (χ4n) is 2.62. The first-order chi connectivity index (χ1) is 11.1. The summed E-state index contributed by atoms with van der Waals surface area (Å²) in [6.45, 7) is 1.91. The lowest BCUT2D eigenvalue weighted by Gasteiger charge is -2.35. The number of benzene rings is 1. The Morgan fingerprint density at radius 1 is 1.22 bits per heavy atom. The molecule has 0 aliphatic carbocycles. The van der Waals surface area contributed by atoms with Crippen molar-refractivity contribution in [3.05, 3.63) is 56.5 Å². The van der Waals surface area contributed by atoms with E-state index in [-0.39, 0.29) is 11.6 Å². The molecule has 2 heterocycles. The Morgan fingerprint density at radius 3 is 2.57 bits per heavy atom. The lowest BCUT2D eigenvalue weighted by Crippen LogP contribution is -2.48. The number of piperazine rings is 1. The van der Waals surface area contributed by atoms with Gasteiger partial charge in [0.25, 0.3) is 11.6 Å². The van der Waals surface area contributed by atoms with Crippen molar-refractivity contribution in [3.8, 4) is 0 Å². The largest absolute Gasteiger partial charge is 0.362 e. The molecule has 0 radical (unpaired) electrons. The van der Waals surface area contributed by atoms with E-state index in [1.165, 1.54) is 23.5 Å². The maximum atomic E-state index is 13.2. The van der Waals surface area contributed by atoms with E-state index in [1.807, 2.05) is 16.3 Å². The molecule has 0 unspecified atom stereocenters. The molecule has 1 aliphatic heterocycles. The zero-order valence-electron chi connectivity index (χ0n) is 12.1. The van der Waals surface area contributed by atoms with Crippen LogP contribution in [0.15, 0.2) is 35.7 Å². The molecule has 1 aromatic heterocycles. The lowest BCUT2D eigenvalue weighted by molar-refractivity contribution is -0.384. The number of nitro benzene ring substituents is 1. The monoisotopic (exact) mass is 335 g/mol. The van der Waals surface area contributed by atoms with Crippen molar-refractivity contribution in [1.82, 2.24) is 4.90 Å². The molecule has 3 rings (SSSR count). The van der Waals surface area contributed by atoms with Crippen LogP contribution in [0.2, 0.25) is 0 Å². The van der Waals surface area contributed by atoms with Crippen molar-refractivity contribution in [1.29, 1.82) is 0 Å². The molecular weight excluding hydrogens is 321 g/mol. The number of thiophene rings is 1. The number of hydrogen-bond acceptors (Lipinski definition) is 5. The summed E-state index contributed by atoms with van der Waals surface area (Å²) in [6.07, 6.45) is 0. The molecule has 1 saturated heterocycles. The SMILES string of the molecule is O=C(c1cccs1)N1CCN(c2ccc(F)cc2[N+](=O)[O-])CC1. The molecule has 0 N–H and O–H groups in total. The first-order valence-corrected chi connectivity index (χ1v) is 7.96. The smallest absolute Gasteiger partial charge is 0.295 e. The summed E-state index contributed by atoms with van der Waals surface area (Å²) >= 11 is 1.39. The summed E-state index contributed by atoms with van der Waals surface area (Å²) in [5, 5.41) is 12.9. The van der Waals surface area contributed by atoms with Gasteiger partial charge >= 0.3 is 0 Å². The average Bonchev–Trinajstić information content (AvgIpc) is 3.09. The van der Waals surface area contributed by atoms with Crippen molar-refractivity contribution in [2.24, 2.45) is 0 Å². The molecule has 1 fully saturated rings. The maximum Gasteiger partial charge on any atom is 0.295 e. The standard InChI is InChI=1S/C15H14FN3O3S/c16-11-3-4-12(13(10-11)19(21)22)17-5-7-18(8-6-17)15(20)14-2-1-9-23-14/h1-4,9-10H,5-8H2. The molecule has 6 nitrogen and oxygen atoms in total. The zero-order chi connectivity index (χ0) is 16.4. The summed E-state index contributed by atoms with van der Waals surface area (Å²) in [7, 11) is 0. The Hall–Kier alpha value is -2.48. The van der Waals surface area contributed by atoms with Gasteiger partial charge in [-0.05, 0) is 23.6 Å². The average molecular weight is 335 g/mol. The van der Waals surface area contributed by atoms with Crippen LogP contribution in [0.5, 0.6) is 0 Å².